The van der Waals surface area contributed by atoms with Gasteiger partial charge in [-0.1, -0.05) is 17.3 Å². The van der Waals surface area contributed by atoms with Crippen molar-refractivity contribution in [3.05, 3.63) is 60.2 Å². The van der Waals surface area contributed by atoms with Crippen LogP contribution in [-0.4, -0.2) is 29.2 Å². The van der Waals surface area contributed by atoms with E-state index in [1.807, 2.05) is 31.2 Å². The molecule has 1 atom stereocenters. The Hall–Kier alpha value is -3.22. The monoisotopic (exact) mass is 367 g/mol. The largest absolute Gasteiger partial charge is 0.493 e. The lowest BCUT2D eigenvalue weighted by atomic mass is 10.1. The summed E-state index contributed by atoms with van der Waals surface area (Å²) in [5, 5.41) is 4.06. The number of benzene rings is 2. The van der Waals surface area contributed by atoms with Crippen LogP contribution in [0.5, 0.6) is 5.75 Å². The minimum atomic E-state index is -0.337. The number of carbonyl (C=O) groups is 1. The Morgan fingerprint density at radius 3 is 2.78 bits per heavy atom. The zero-order valence-electron chi connectivity index (χ0n) is 14.8. The maximum atomic E-state index is 13.1. The molecule has 1 amide bonds. The summed E-state index contributed by atoms with van der Waals surface area (Å²) >= 11 is 0. The van der Waals surface area contributed by atoms with Crippen LogP contribution in [0.3, 0.4) is 0 Å². The van der Waals surface area contributed by atoms with Gasteiger partial charge in [-0.3, -0.25) is 4.79 Å². The Kier molecular flexibility index (Phi) is 4.58. The van der Waals surface area contributed by atoms with Gasteiger partial charge in [-0.15, -0.1) is 0 Å². The molecule has 0 aliphatic carbocycles. The third-order valence-electron chi connectivity index (χ3n) is 4.48. The molecule has 0 N–H and O–H groups in total. The van der Waals surface area contributed by atoms with E-state index >= 15 is 0 Å². The van der Waals surface area contributed by atoms with Crippen LogP contribution < -0.4 is 9.64 Å². The van der Waals surface area contributed by atoms with Crippen LogP contribution in [0, 0.1) is 5.82 Å². The van der Waals surface area contributed by atoms with E-state index in [-0.39, 0.29) is 24.1 Å². The normalized spacial score (nSPS) is 16.7. The quantitative estimate of drug-likeness (QED) is 0.686. The van der Waals surface area contributed by atoms with E-state index in [1.54, 1.807) is 17.0 Å². The highest BCUT2D eigenvalue weighted by Gasteiger charge is 2.35. The summed E-state index contributed by atoms with van der Waals surface area (Å²) in [6, 6.07) is 13.3. The average Bonchev–Trinajstić information content (AvgIpc) is 3.30. The van der Waals surface area contributed by atoms with Crippen molar-refractivity contribution >= 4 is 11.6 Å². The number of rotatable bonds is 5. The van der Waals surface area contributed by atoms with E-state index in [2.05, 4.69) is 10.1 Å². The lowest BCUT2D eigenvalue weighted by molar-refractivity contribution is -0.117. The molecule has 0 saturated carbocycles. The maximum absolute atomic E-state index is 13.1. The smallest absolute Gasteiger partial charge is 0.232 e. The van der Waals surface area contributed by atoms with Crippen LogP contribution in [-0.2, 0) is 4.79 Å². The van der Waals surface area contributed by atoms with Gasteiger partial charge in [0.05, 0.1) is 18.1 Å². The highest BCUT2D eigenvalue weighted by molar-refractivity contribution is 5.96. The van der Waals surface area contributed by atoms with Crippen molar-refractivity contribution in [3.63, 3.8) is 0 Å². The molecule has 1 fully saturated rings. The number of amides is 1. The fourth-order valence-electron chi connectivity index (χ4n) is 3.19. The third-order valence-corrected chi connectivity index (χ3v) is 4.48. The highest BCUT2D eigenvalue weighted by Crippen LogP contribution is 2.33. The first kappa shape index (κ1) is 17.2. The lowest BCUT2D eigenvalue weighted by Gasteiger charge is -2.15. The molecule has 27 heavy (non-hydrogen) atoms. The van der Waals surface area contributed by atoms with Crippen molar-refractivity contribution in [3.8, 4) is 17.1 Å². The first-order valence-electron chi connectivity index (χ1n) is 8.77. The van der Waals surface area contributed by atoms with Crippen LogP contribution >= 0.6 is 0 Å². The molecular weight excluding hydrogens is 349 g/mol. The zero-order valence-corrected chi connectivity index (χ0v) is 14.8. The Balaban J connectivity index is 1.56. The summed E-state index contributed by atoms with van der Waals surface area (Å²) in [5.74, 6) is 0.930. The van der Waals surface area contributed by atoms with Crippen LogP contribution in [0.25, 0.3) is 11.4 Å². The summed E-state index contributed by atoms with van der Waals surface area (Å²) < 4.78 is 24.2. The molecular formula is C20H18FN3O3. The van der Waals surface area contributed by atoms with Crippen LogP contribution in [0.15, 0.2) is 53.1 Å². The molecule has 1 unspecified atom stereocenters. The number of ether oxygens (including phenoxy) is 1. The van der Waals surface area contributed by atoms with E-state index in [1.165, 1.54) is 12.1 Å². The first-order chi connectivity index (χ1) is 13.2. The van der Waals surface area contributed by atoms with Gasteiger partial charge in [-0.25, -0.2) is 4.39 Å². The molecule has 1 aliphatic heterocycles. The molecule has 2 aromatic carbocycles. The second-order valence-corrected chi connectivity index (χ2v) is 6.27. The third kappa shape index (κ3) is 3.40. The van der Waals surface area contributed by atoms with Gasteiger partial charge in [0.15, 0.2) is 0 Å². The Morgan fingerprint density at radius 1 is 1.22 bits per heavy atom. The topological polar surface area (TPSA) is 68.5 Å². The fraction of sp³-hybridized carbons (Fsp3) is 0.250. The Morgan fingerprint density at radius 2 is 2.00 bits per heavy atom. The minimum Gasteiger partial charge on any atom is -0.493 e. The Labute approximate surface area is 155 Å². The zero-order chi connectivity index (χ0) is 18.8. The van der Waals surface area contributed by atoms with Gasteiger partial charge in [0.2, 0.25) is 17.6 Å². The molecule has 0 spiro atoms. The number of hydrogen-bond donors (Lipinski definition) is 0. The van der Waals surface area contributed by atoms with E-state index in [9.17, 15) is 9.18 Å². The van der Waals surface area contributed by atoms with Gasteiger partial charge in [0.25, 0.3) is 0 Å². The summed E-state index contributed by atoms with van der Waals surface area (Å²) in [7, 11) is 0. The van der Waals surface area contributed by atoms with Gasteiger partial charge in [0, 0.05) is 18.7 Å². The lowest BCUT2D eigenvalue weighted by Crippen LogP contribution is -2.24. The number of halogens is 1. The molecule has 0 bridgehead atoms. The van der Waals surface area contributed by atoms with Crippen LogP contribution in [0.1, 0.15) is 25.2 Å². The van der Waals surface area contributed by atoms with Crippen molar-refractivity contribution in [1.82, 2.24) is 10.1 Å². The molecule has 7 heteroatoms. The predicted molar refractivity (Wildman–Crippen MR) is 97.0 cm³/mol. The van der Waals surface area contributed by atoms with Crippen molar-refractivity contribution in [1.29, 1.82) is 0 Å². The van der Waals surface area contributed by atoms with E-state index in [4.69, 9.17) is 9.26 Å². The number of aromatic nitrogens is 2. The van der Waals surface area contributed by atoms with Crippen molar-refractivity contribution in [2.45, 2.75) is 19.3 Å². The fourth-order valence-corrected chi connectivity index (χ4v) is 3.19. The Bertz CT molecular complexity index is 955. The molecule has 138 valence electrons. The number of anilines is 1. The van der Waals surface area contributed by atoms with Crippen molar-refractivity contribution < 1.29 is 18.4 Å². The number of hydrogen-bond acceptors (Lipinski definition) is 5. The van der Waals surface area contributed by atoms with Crippen LogP contribution in [0.2, 0.25) is 0 Å². The molecule has 3 aromatic rings. The highest BCUT2D eigenvalue weighted by atomic mass is 19.1. The molecule has 6 nitrogen and oxygen atoms in total. The van der Waals surface area contributed by atoms with Crippen molar-refractivity contribution in [2.75, 3.05) is 18.1 Å². The first-order valence-corrected chi connectivity index (χ1v) is 8.77. The van der Waals surface area contributed by atoms with E-state index in [0.717, 1.165) is 5.56 Å². The summed E-state index contributed by atoms with van der Waals surface area (Å²) in [4.78, 5) is 18.5. The van der Waals surface area contributed by atoms with E-state index < -0.39 is 0 Å². The maximum Gasteiger partial charge on any atom is 0.232 e. The van der Waals surface area contributed by atoms with Crippen molar-refractivity contribution in [2.24, 2.45) is 0 Å². The second kappa shape index (κ2) is 7.19. The van der Waals surface area contributed by atoms with Gasteiger partial charge < -0.3 is 14.2 Å². The summed E-state index contributed by atoms with van der Waals surface area (Å²) in [6.45, 7) is 2.86. The average molecular weight is 367 g/mol. The van der Waals surface area contributed by atoms with E-state index in [0.29, 0.717) is 36.3 Å². The molecule has 1 aromatic heterocycles. The van der Waals surface area contributed by atoms with Gasteiger partial charge in [-0.05, 0) is 43.3 Å². The molecule has 1 aliphatic rings. The number of para-hydroxylation sites is 1. The predicted octanol–water partition coefficient (Wildman–Crippen LogP) is 3.79. The van der Waals surface area contributed by atoms with Crippen LogP contribution in [0.4, 0.5) is 10.1 Å². The number of nitrogens with zero attached hydrogens (tertiary/aromatic N) is 3. The minimum absolute atomic E-state index is 0.0546. The summed E-state index contributed by atoms with van der Waals surface area (Å²) in [5.41, 5.74) is 1.40. The number of carbonyl (C=O) groups excluding carboxylic acids is 1. The molecule has 2 heterocycles. The van der Waals surface area contributed by atoms with Gasteiger partial charge in [-0.2, -0.15) is 4.98 Å². The molecule has 4 rings (SSSR count). The molecule has 1 saturated heterocycles. The second-order valence-electron chi connectivity index (χ2n) is 6.27. The SMILES string of the molecule is CCOc1ccccc1-c1noc(C2CC(=O)N(c3ccc(F)cc3)C2)n1. The standard InChI is InChI=1S/C20H18FN3O3/c1-2-26-17-6-4-3-5-16(17)19-22-20(27-23-19)13-11-18(25)24(12-13)15-9-7-14(21)8-10-15/h3-10,13H,2,11-12H2,1H3. The summed E-state index contributed by atoms with van der Waals surface area (Å²) in [6.07, 6.45) is 0.270. The van der Waals surface area contributed by atoms with Gasteiger partial charge in [0.1, 0.15) is 11.6 Å². The van der Waals surface area contributed by atoms with Gasteiger partial charge >= 0.3 is 0 Å². The molecule has 0 radical (unpaired) electrons.